The van der Waals surface area contributed by atoms with Crippen molar-refractivity contribution in [2.24, 2.45) is 4.99 Å². The van der Waals surface area contributed by atoms with Gasteiger partial charge in [-0.3, -0.25) is 4.99 Å². The summed E-state index contributed by atoms with van der Waals surface area (Å²) >= 11 is 0. The first-order chi connectivity index (χ1) is 7.88. The molecule has 1 unspecified atom stereocenters. The molecule has 2 rings (SSSR count). The minimum Gasteiger partial charge on any atom is -0.394 e. The van der Waals surface area contributed by atoms with E-state index in [0.29, 0.717) is 0 Å². The van der Waals surface area contributed by atoms with E-state index in [1.807, 2.05) is 18.2 Å². The molecule has 1 aliphatic heterocycles. The fourth-order valence-electron chi connectivity index (χ4n) is 1.93. The van der Waals surface area contributed by atoms with Gasteiger partial charge in [0, 0.05) is 6.42 Å². The summed E-state index contributed by atoms with van der Waals surface area (Å²) in [5, 5.41) is 12.3. The van der Waals surface area contributed by atoms with Gasteiger partial charge in [0.05, 0.1) is 25.0 Å². The Kier molecular flexibility index (Phi) is 3.94. The third-order valence-electron chi connectivity index (χ3n) is 2.85. The van der Waals surface area contributed by atoms with Crippen LogP contribution in [0.1, 0.15) is 24.8 Å². The summed E-state index contributed by atoms with van der Waals surface area (Å²) in [7, 11) is 0. The van der Waals surface area contributed by atoms with Crippen molar-refractivity contribution in [3.63, 3.8) is 0 Å². The van der Waals surface area contributed by atoms with Crippen LogP contribution >= 0.6 is 0 Å². The molecule has 1 aromatic rings. The van der Waals surface area contributed by atoms with Crippen molar-refractivity contribution >= 4 is 5.84 Å². The second-order valence-corrected chi connectivity index (χ2v) is 4.16. The van der Waals surface area contributed by atoms with E-state index in [1.165, 1.54) is 5.56 Å². The van der Waals surface area contributed by atoms with Crippen LogP contribution in [0.15, 0.2) is 35.3 Å². The summed E-state index contributed by atoms with van der Waals surface area (Å²) < 4.78 is 0. The van der Waals surface area contributed by atoms with Crippen LogP contribution in [0, 0.1) is 0 Å². The third kappa shape index (κ3) is 3.07. The Morgan fingerprint density at radius 3 is 2.88 bits per heavy atom. The third-order valence-corrected chi connectivity index (χ3v) is 2.85. The normalized spacial score (nSPS) is 23.1. The summed E-state index contributed by atoms with van der Waals surface area (Å²) in [6.07, 6.45) is 3.16. The number of aliphatic hydroxyl groups excluding tert-OH is 1. The van der Waals surface area contributed by atoms with E-state index in [0.717, 1.165) is 31.6 Å². The predicted octanol–water partition coefficient (Wildman–Crippen LogP) is 1.72. The van der Waals surface area contributed by atoms with Gasteiger partial charge in [-0.15, -0.1) is 0 Å². The smallest absolute Gasteiger partial charge is 0.0970 e. The first-order valence-corrected chi connectivity index (χ1v) is 5.83. The number of piperidine rings is 1. The van der Waals surface area contributed by atoms with E-state index >= 15 is 0 Å². The maximum atomic E-state index is 9.08. The van der Waals surface area contributed by atoms with E-state index in [1.54, 1.807) is 0 Å². The van der Waals surface area contributed by atoms with Crippen molar-refractivity contribution in [2.45, 2.75) is 31.8 Å². The monoisotopic (exact) mass is 218 g/mol. The highest BCUT2D eigenvalue weighted by Crippen LogP contribution is 2.10. The zero-order valence-electron chi connectivity index (χ0n) is 9.39. The number of nitrogens with one attached hydrogen (secondary N) is 1. The van der Waals surface area contributed by atoms with Gasteiger partial charge in [0.25, 0.3) is 0 Å². The molecule has 1 heterocycles. The number of nitrogens with zero attached hydrogens (tertiary/aromatic N) is 1. The Morgan fingerprint density at radius 2 is 2.12 bits per heavy atom. The standard InChI is InChI=1S/C13H18N2O/c16-10-12-7-4-8-13(15-12)14-9-11-5-2-1-3-6-11/h1-3,5-6,12,16H,4,7-10H2,(H,14,15). The van der Waals surface area contributed by atoms with Crippen molar-refractivity contribution in [1.82, 2.24) is 5.32 Å². The SMILES string of the molecule is OCC1CCCC(=NCc2ccccc2)N1. The fraction of sp³-hybridized carbons (Fsp3) is 0.462. The van der Waals surface area contributed by atoms with E-state index in [4.69, 9.17) is 5.11 Å². The molecule has 1 aliphatic rings. The number of rotatable bonds is 3. The Hall–Kier alpha value is -1.35. The lowest BCUT2D eigenvalue weighted by Crippen LogP contribution is -2.41. The Labute approximate surface area is 96.2 Å². The number of hydrogen-bond donors (Lipinski definition) is 2. The highest BCUT2D eigenvalue weighted by Gasteiger charge is 2.15. The summed E-state index contributed by atoms with van der Waals surface area (Å²) in [4.78, 5) is 4.55. The lowest BCUT2D eigenvalue weighted by Gasteiger charge is -2.24. The van der Waals surface area contributed by atoms with E-state index < -0.39 is 0 Å². The molecule has 0 saturated carbocycles. The molecule has 0 bridgehead atoms. The number of amidine groups is 1. The second-order valence-electron chi connectivity index (χ2n) is 4.16. The first kappa shape index (κ1) is 11.1. The van der Waals surface area contributed by atoms with Crippen molar-refractivity contribution in [1.29, 1.82) is 0 Å². The van der Waals surface area contributed by atoms with E-state index in [-0.39, 0.29) is 12.6 Å². The van der Waals surface area contributed by atoms with Gasteiger partial charge in [-0.25, -0.2) is 0 Å². The van der Waals surface area contributed by atoms with Crippen LogP contribution in [-0.4, -0.2) is 23.6 Å². The van der Waals surface area contributed by atoms with Gasteiger partial charge >= 0.3 is 0 Å². The van der Waals surface area contributed by atoms with Gasteiger partial charge in [-0.2, -0.15) is 0 Å². The zero-order valence-corrected chi connectivity index (χ0v) is 9.39. The topological polar surface area (TPSA) is 44.6 Å². The molecule has 0 spiro atoms. The molecule has 16 heavy (non-hydrogen) atoms. The van der Waals surface area contributed by atoms with Crippen LogP contribution in [0.25, 0.3) is 0 Å². The quantitative estimate of drug-likeness (QED) is 0.811. The molecule has 2 N–H and O–H groups in total. The highest BCUT2D eigenvalue weighted by molar-refractivity contribution is 5.83. The minimum atomic E-state index is 0.197. The maximum Gasteiger partial charge on any atom is 0.0970 e. The van der Waals surface area contributed by atoms with Crippen molar-refractivity contribution < 1.29 is 5.11 Å². The van der Waals surface area contributed by atoms with Crippen LogP contribution in [0.5, 0.6) is 0 Å². The number of aliphatic hydroxyl groups is 1. The number of benzene rings is 1. The van der Waals surface area contributed by atoms with Crippen molar-refractivity contribution in [3.8, 4) is 0 Å². The second kappa shape index (κ2) is 5.66. The molecule has 86 valence electrons. The molecule has 0 radical (unpaired) electrons. The Bertz CT molecular complexity index is 348. The summed E-state index contributed by atoms with van der Waals surface area (Å²) in [5.74, 6) is 1.04. The average molecular weight is 218 g/mol. The molecule has 1 fully saturated rings. The molecule has 1 saturated heterocycles. The zero-order chi connectivity index (χ0) is 11.2. The van der Waals surface area contributed by atoms with Gasteiger partial charge in [-0.1, -0.05) is 30.3 Å². The van der Waals surface area contributed by atoms with Crippen LogP contribution in [-0.2, 0) is 6.54 Å². The molecule has 0 amide bonds. The Morgan fingerprint density at radius 1 is 1.31 bits per heavy atom. The molecule has 1 aromatic carbocycles. The molecular formula is C13H18N2O. The lowest BCUT2D eigenvalue weighted by atomic mass is 10.0. The highest BCUT2D eigenvalue weighted by atomic mass is 16.3. The van der Waals surface area contributed by atoms with Crippen LogP contribution in [0.2, 0.25) is 0 Å². The van der Waals surface area contributed by atoms with Crippen molar-refractivity contribution in [3.05, 3.63) is 35.9 Å². The molecule has 0 aliphatic carbocycles. The Balaban J connectivity index is 1.92. The molecule has 3 nitrogen and oxygen atoms in total. The fourth-order valence-corrected chi connectivity index (χ4v) is 1.93. The van der Waals surface area contributed by atoms with Crippen LogP contribution in [0.4, 0.5) is 0 Å². The van der Waals surface area contributed by atoms with E-state index in [2.05, 4.69) is 22.4 Å². The number of hydrogen-bond acceptors (Lipinski definition) is 2. The predicted molar refractivity (Wildman–Crippen MR) is 65.4 cm³/mol. The average Bonchev–Trinajstić information content (AvgIpc) is 2.38. The van der Waals surface area contributed by atoms with Gasteiger partial charge in [0.2, 0.25) is 0 Å². The van der Waals surface area contributed by atoms with Gasteiger partial charge < -0.3 is 10.4 Å². The van der Waals surface area contributed by atoms with Crippen LogP contribution < -0.4 is 5.32 Å². The first-order valence-electron chi connectivity index (χ1n) is 5.83. The summed E-state index contributed by atoms with van der Waals surface area (Å²) in [5.41, 5.74) is 1.22. The van der Waals surface area contributed by atoms with Crippen LogP contribution in [0.3, 0.4) is 0 Å². The summed E-state index contributed by atoms with van der Waals surface area (Å²) in [6, 6.07) is 10.4. The molecule has 0 aromatic heterocycles. The maximum absolute atomic E-state index is 9.08. The molecule has 3 heteroatoms. The number of aliphatic imine (C=N–C) groups is 1. The van der Waals surface area contributed by atoms with Gasteiger partial charge in [-0.05, 0) is 18.4 Å². The van der Waals surface area contributed by atoms with Crippen molar-refractivity contribution in [2.75, 3.05) is 6.61 Å². The minimum absolute atomic E-state index is 0.197. The molecule has 1 atom stereocenters. The van der Waals surface area contributed by atoms with Gasteiger partial charge in [0.1, 0.15) is 0 Å². The van der Waals surface area contributed by atoms with Gasteiger partial charge in [0.15, 0.2) is 0 Å². The summed E-state index contributed by atoms with van der Waals surface area (Å²) in [6.45, 7) is 0.922. The molecular weight excluding hydrogens is 200 g/mol. The largest absolute Gasteiger partial charge is 0.394 e. The van der Waals surface area contributed by atoms with E-state index in [9.17, 15) is 0 Å². The lowest BCUT2D eigenvalue weighted by molar-refractivity contribution is 0.242.